The zero-order valence-electron chi connectivity index (χ0n) is 12.1. The second kappa shape index (κ2) is 6.26. The summed E-state index contributed by atoms with van der Waals surface area (Å²) < 4.78 is 0. The predicted molar refractivity (Wildman–Crippen MR) is 83.6 cm³/mol. The molecule has 1 N–H and O–H groups in total. The van der Waals surface area contributed by atoms with Crippen molar-refractivity contribution in [2.45, 2.75) is 0 Å². The van der Waals surface area contributed by atoms with Crippen LogP contribution in [0.4, 0.5) is 11.4 Å². The van der Waals surface area contributed by atoms with E-state index in [9.17, 15) is 0 Å². The number of hydrogen-bond acceptors (Lipinski definition) is 6. The first kappa shape index (κ1) is 14.8. The number of benzene rings is 1. The Bertz CT molecular complexity index is 858. The van der Waals surface area contributed by atoms with Crippen molar-refractivity contribution in [3.8, 4) is 18.2 Å². The molecule has 0 unspecified atom stereocenters. The standard InChI is InChI=1S/C16H12N6/c1-22(2)15-6-5-13(12-4-3-7-20-16(12)15)21-14(10-19)11(8-17)9-18/h3-7,21H,1-2H3. The van der Waals surface area contributed by atoms with Crippen LogP contribution in [-0.4, -0.2) is 19.1 Å². The van der Waals surface area contributed by atoms with Crippen molar-refractivity contribution in [3.05, 3.63) is 41.7 Å². The van der Waals surface area contributed by atoms with Gasteiger partial charge in [-0.25, -0.2) is 0 Å². The molecule has 6 heteroatoms. The number of rotatable bonds is 3. The highest BCUT2D eigenvalue weighted by Gasteiger charge is 2.11. The molecule has 106 valence electrons. The molecule has 1 heterocycles. The lowest BCUT2D eigenvalue weighted by Gasteiger charge is -2.17. The number of nitrogens with one attached hydrogen (secondary N) is 1. The molecule has 2 aromatic rings. The number of pyridine rings is 1. The van der Waals surface area contributed by atoms with Gasteiger partial charge in [-0.3, -0.25) is 4.98 Å². The second-order valence-electron chi connectivity index (χ2n) is 4.64. The third-order valence-electron chi connectivity index (χ3n) is 3.08. The Kier molecular flexibility index (Phi) is 4.22. The number of aromatic nitrogens is 1. The van der Waals surface area contributed by atoms with Crippen molar-refractivity contribution < 1.29 is 0 Å². The van der Waals surface area contributed by atoms with Gasteiger partial charge < -0.3 is 10.2 Å². The van der Waals surface area contributed by atoms with Crippen molar-refractivity contribution in [2.24, 2.45) is 0 Å². The molecule has 6 nitrogen and oxygen atoms in total. The van der Waals surface area contributed by atoms with Crippen molar-refractivity contribution in [3.63, 3.8) is 0 Å². The van der Waals surface area contributed by atoms with E-state index in [-0.39, 0.29) is 11.3 Å². The van der Waals surface area contributed by atoms with Crippen LogP contribution in [0.25, 0.3) is 10.9 Å². The Labute approximate surface area is 128 Å². The second-order valence-corrected chi connectivity index (χ2v) is 4.64. The molecule has 0 amide bonds. The summed E-state index contributed by atoms with van der Waals surface area (Å²) in [6.07, 6.45) is 1.69. The average molecular weight is 288 g/mol. The maximum atomic E-state index is 9.14. The summed E-state index contributed by atoms with van der Waals surface area (Å²) in [6, 6.07) is 12.6. The molecule has 0 saturated carbocycles. The van der Waals surface area contributed by atoms with Gasteiger partial charge >= 0.3 is 0 Å². The fourth-order valence-corrected chi connectivity index (χ4v) is 2.05. The fraction of sp³-hybridized carbons (Fsp3) is 0.125. The van der Waals surface area contributed by atoms with Crippen LogP contribution in [-0.2, 0) is 0 Å². The van der Waals surface area contributed by atoms with Gasteiger partial charge in [-0.1, -0.05) is 0 Å². The van der Waals surface area contributed by atoms with Gasteiger partial charge in [-0.15, -0.1) is 0 Å². The van der Waals surface area contributed by atoms with E-state index >= 15 is 0 Å². The summed E-state index contributed by atoms with van der Waals surface area (Å²) in [6.45, 7) is 0. The number of anilines is 2. The van der Waals surface area contributed by atoms with Crippen molar-refractivity contribution in [1.82, 2.24) is 4.98 Å². The number of hydrogen-bond donors (Lipinski definition) is 1. The molecule has 0 radical (unpaired) electrons. The van der Waals surface area contributed by atoms with Crippen LogP contribution in [0.15, 0.2) is 41.7 Å². The lowest BCUT2D eigenvalue weighted by molar-refractivity contribution is 1.13. The normalized spacial score (nSPS) is 9.23. The minimum Gasteiger partial charge on any atom is -0.376 e. The smallest absolute Gasteiger partial charge is 0.163 e. The monoisotopic (exact) mass is 288 g/mol. The van der Waals surface area contributed by atoms with Crippen LogP contribution in [0.2, 0.25) is 0 Å². The highest BCUT2D eigenvalue weighted by atomic mass is 15.1. The van der Waals surface area contributed by atoms with Gasteiger partial charge in [0.1, 0.15) is 23.9 Å². The van der Waals surface area contributed by atoms with Crippen LogP contribution in [0.1, 0.15) is 0 Å². The molecule has 0 aliphatic heterocycles. The van der Waals surface area contributed by atoms with Crippen LogP contribution >= 0.6 is 0 Å². The number of nitrogens with zero attached hydrogens (tertiary/aromatic N) is 5. The fourth-order valence-electron chi connectivity index (χ4n) is 2.05. The summed E-state index contributed by atoms with van der Waals surface area (Å²) in [4.78, 5) is 6.31. The summed E-state index contributed by atoms with van der Waals surface area (Å²) in [5.74, 6) is 0. The molecule has 0 fully saturated rings. The molecule has 22 heavy (non-hydrogen) atoms. The topological polar surface area (TPSA) is 99.5 Å². The zero-order chi connectivity index (χ0) is 16.1. The SMILES string of the molecule is CN(C)c1ccc(NC(C#N)=C(C#N)C#N)c2cccnc12. The Balaban J connectivity index is 2.63. The van der Waals surface area contributed by atoms with Crippen molar-refractivity contribution in [1.29, 1.82) is 15.8 Å². The Hall–Kier alpha value is -3.56. The molecule has 0 bridgehead atoms. The average Bonchev–Trinajstić information content (AvgIpc) is 2.54. The molecule has 1 aromatic carbocycles. The molecule has 0 aliphatic rings. The molecule has 0 aliphatic carbocycles. The first-order valence-electron chi connectivity index (χ1n) is 6.39. The van der Waals surface area contributed by atoms with Gasteiger partial charge in [0.2, 0.25) is 0 Å². The van der Waals surface area contributed by atoms with Crippen molar-refractivity contribution >= 4 is 22.3 Å². The minimum absolute atomic E-state index is 0.0762. The molecule has 2 rings (SSSR count). The van der Waals surface area contributed by atoms with Crippen LogP contribution in [0.3, 0.4) is 0 Å². The third kappa shape index (κ3) is 2.65. The summed E-state index contributed by atoms with van der Waals surface area (Å²) in [5, 5.41) is 30.6. The molecule has 0 saturated heterocycles. The number of nitriles is 3. The summed E-state index contributed by atoms with van der Waals surface area (Å²) >= 11 is 0. The van der Waals surface area contributed by atoms with Gasteiger partial charge in [0.25, 0.3) is 0 Å². The lowest BCUT2D eigenvalue weighted by atomic mass is 10.1. The van der Waals surface area contributed by atoms with Crippen LogP contribution < -0.4 is 10.2 Å². The van der Waals surface area contributed by atoms with Crippen molar-refractivity contribution in [2.75, 3.05) is 24.3 Å². The van der Waals surface area contributed by atoms with E-state index in [4.69, 9.17) is 15.8 Å². The quantitative estimate of drug-likeness (QED) is 0.871. The minimum atomic E-state index is -0.253. The number of fused-ring (bicyclic) bond motifs is 1. The highest BCUT2D eigenvalue weighted by molar-refractivity contribution is 6.00. The largest absolute Gasteiger partial charge is 0.376 e. The Morgan fingerprint density at radius 2 is 1.82 bits per heavy atom. The van der Waals surface area contributed by atoms with Gasteiger partial charge in [-0.05, 0) is 24.3 Å². The molecule has 1 aromatic heterocycles. The van der Waals surface area contributed by atoms with Crippen LogP contribution in [0, 0.1) is 34.0 Å². The van der Waals surface area contributed by atoms with E-state index in [0.29, 0.717) is 5.69 Å². The zero-order valence-corrected chi connectivity index (χ0v) is 12.1. The van der Waals surface area contributed by atoms with E-state index in [2.05, 4.69) is 10.3 Å². The highest BCUT2D eigenvalue weighted by Crippen LogP contribution is 2.30. The van der Waals surface area contributed by atoms with E-state index < -0.39 is 0 Å². The van der Waals surface area contributed by atoms with Crippen LogP contribution in [0.5, 0.6) is 0 Å². The molecule has 0 atom stereocenters. The van der Waals surface area contributed by atoms with E-state index in [1.807, 2.05) is 37.2 Å². The molecular weight excluding hydrogens is 276 g/mol. The number of allylic oxidation sites excluding steroid dienone is 2. The van der Waals surface area contributed by atoms with E-state index in [1.165, 1.54) is 0 Å². The third-order valence-corrected chi connectivity index (χ3v) is 3.08. The summed E-state index contributed by atoms with van der Waals surface area (Å²) in [7, 11) is 3.83. The van der Waals surface area contributed by atoms with Gasteiger partial charge in [0.05, 0.1) is 11.2 Å². The predicted octanol–water partition coefficient (Wildman–Crippen LogP) is 2.54. The first-order valence-corrected chi connectivity index (χ1v) is 6.39. The maximum Gasteiger partial charge on any atom is 0.163 e. The van der Waals surface area contributed by atoms with Gasteiger partial charge in [0.15, 0.2) is 5.57 Å². The Morgan fingerprint density at radius 1 is 1.09 bits per heavy atom. The van der Waals surface area contributed by atoms with Gasteiger partial charge in [-0.2, -0.15) is 15.8 Å². The maximum absolute atomic E-state index is 9.14. The summed E-state index contributed by atoms with van der Waals surface area (Å²) in [5.41, 5.74) is 1.99. The first-order chi connectivity index (χ1) is 10.6. The van der Waals surface area contributed by atoms with E-state index in [0.717, 1.165) is 16.6 Å². The lowest BCUT2D eigenvalue weighted by Crippen LogP contribution is -2.10. The molecular formula is C16H12N6. The van der Waals surface area contributed by atoms with Gasteiger partial charge in [0, 0.05) is 31.4 Å². The Morgan fingerprint density at radius 3 is 2.41 bits per heavy atom. The molecule has 0 spiro atoms. The van der Waals surface area contributed by atoms with E-state index in [1.54, 1.807) is 30.5 Å².